The van der Waals surface area contributed by atoms with Gasteiger partial charge in [0.05, 0.1) is 0 Å². The number of rotatable bonds is 11. The zero-order chi connectivity index (χ0) is 38.5. The molecule has 0 aliphatic carbocycles. The van der Waals surface area contributed by atoms with E-state index < -0.39 is 0 Å². The highest BCUT2D eigenvalue weighted by molar-refractivity contribution is 7.20. The summed E-state index contributed by atoms with van der Waals surface area (Å²) in [7, 11) is 0. The van der Waals surface area contributed by atoms with Crippen molar-refractivity contribution in [3.63, 3.8) is 0 Å². The van der Waals surface area contributed by atoms with Gasteiger partial charge in [0, 0.05) is 20.5 Å². The van der Waals surface area contributed by atoms with Crippen LogP contribution in [0.2, 0.25) is 0 Å². The Labute approximate surface area is 308 Å². The maximum atomic E-state index is 3.87. The summed E-state index contributed by atoms with van der Waals surface area (Å²) < 4.78 is 1.29. The van der Waals surface area contributed by atoms with Crippen molar-refractivity contribution in [2.45, 2.75) is 83.1 Å². The first-order chi connectivity index (χ1) is 23.7. The van der Waals surface area contributed by atoms with Crippen LogP contribution in [-0.4, -0.2) is 0 Å². The van der Waals surface area contributed by atoms with Crippen molar-refractivity contribution in [1.82, 2.24) is 0 Å². The van der Waals surface area contributed by atoms with Crippen molar-refractivity contribution in [3.8, 4) is 0 Å². The van der Waals surface area contributed by atoms with E-state index in [1.165, 1.54) is 42.8 Å². The third-order valence-corrected chi connectivity index (χ3v) is 7.19. The molecule has 266 valence electrons. The van der Waals surface area contributed by atoms with E-state index in [1.807, 2.05) is 117 Å². The average Bonchev–Trinajstić information content (AvgIpc) is 3.52. The molecule has 0 spiro atoms. The quantitative estimate of drug-likeness (QED) is 0.208. The predicted octanol–water partition coefficient (Wildman–Crippen LogP) is 16.8. The molecule has 0 bridgehead atoms. The number of fused-ring (bicyclic) bond motifs is 1. The van der Waals surface area contributed by atoms with E-state index in [4.69, 9.17) is 0 Å². The Kier molecular flexibility index (Phi) is 39.8. The summed E-state index contributed by atoms with van der Waals surface area (Å²) in [4.78, 5) is 1.26. The maximum Gasteiger partial charge on any atom is 0.0433 e. The summed E-state index contributed by atoms with van der Waals surface area (Å²) in [6.07, 6.45) is 35.7. The molecule has 1 heterocycles. The summed E-state index contributed by atoms with van der Waals surface area (Å²) >= 11 is 1.82. The molecule has 0 fully saturated rings. The highest BCUT2D eigenvalue weighted by Crippen LogP contribution is 2.40. The van der Waals surface area contributed by atoms with E-state index in [0.29, 0.717) is 0 Å². The normalized spacial score (nSPS) is 12.0. The molecule has 0 amide bonds. The van der Waals surface area contributed by atoms with Gasteiger partial charge in [-0.1, -0.05) is 205 Å². The van der Waals surface area contributed by atoms with E-state index in [9.17, 15) is 0 Å². The molecule has 0 atom stereocenters. The second kappa shape index (κ2) is 38.0. The Morgan fingerprint density at radius 2 is 1.02 bits per heavy atom. The standard InChI is InChI=1S/C22H22S.C8H12.C7H12.C7H10.2C2H6/c1-5-11-17(12-6-2)21-19-15-9-10-16-20(19)23-22(21)18(13-7-3)14-8-4;1-4-6-7-8(3)5-2;2*1-4-6-7(3)5-2;2*1-2/h5-16H,1,3H2,2,4H3;4-7H,1H2,2-3H3;4-6H,1-3H3;4-6H,1-2H2,3H3;2*1-2H3/b12-6-,14-8-,17-11+,18-13+;7-6-,8-5-;6-4-,7-5-;7-6-;;. The summed E-state index contributed by atoms with van der Waals surface area (Å²) in [6.45, 7) is 42.6. The number of allylic oxidation sites excluding steroid dienone is 23. The molecule has 1 aromatic carbocycles. The molecule has 49 heavy (non-hydrogen) atoms. The number of hydrogen-bond acceptors (Lipinski definition) is 1. The van der Waals surface area contributed by atoms with Gasteiger partial charge in [-0.05, 0) is 72.6 Å². The Balaban J connectivity index is -0.000000320. The van der Waals surface area contributed by atoms with E-state index in [1.54, 1.807) is 18.2 Å². The van der Waals surface area contributed by atoms with E-state index in [0.717, 1.165) is 5.57 Å². The molecule has 0 N–H and O–H groups in total. The van der Waals surface area contributed by atoms with Crippen molar-refractivity contribution in [3.05, 3.63) is 194 Å². The smallest absolute Gasteiger partial charge is 0.0433 e. The first-order valence-corrected chi connectivity index (χ1v) is 18.0. The Morgan fingerprint density at radius 1 is 0.551 bits per heavy atom. The fourth-order valence-corrected chi connectivity index (χ4v) is 4.74. The van der Waals surface area contributed by atoms with Crippen LogP contribution in [-0.2, 0) is 0 Å². The van der Waals surface area contributed by atoms with E-state index in [2.05, 4.69) is 126 Å². The zero-order valence-corrected chi connectivity index (χ0v) is 34.0. The number of thiophene rings is 1. The zero-order valence-electron chi connectivity index (χ0n) is 33.1. The SMILES string of the molecule is C/C=C\C(C)=C/C.C=C/C=C(/C)C=C.C=C/C=C(\C=C/C)c1sc2ccccc2c1C(/C=C\C)=C/C=C.C=C/C=C\C(C)=C/C.CC.CC. The summed E-state index contributed by atoms with van der Waals surface area (Å²) in [5.41, 5.74) is 7.35. The predicted molar refractivity (Wildman–Crippen MR) is 238 cm³/mol. The Bertz CT molecular complexity index is 1480. The van der Waals surface area contributed by atoms with Gasteiger partial charge in [0.25, 0.3) is 0 Å². The third-order valence-electron chi connectivity index (χ3n) is 5.97. The van der Waals surface area contributed by atoms with Crippen molar-refractivity contribution in [2.75, 3.05) is 0 Å². The molecule has 2 aromatic rings. The number of benzene rings is 1. The lowest BCUT2D eigenvalue weighted by Gasteiger charge is -2.07. The van der Waals surface area contributed by atoms with Crippen LogP contribution in [0.3, 0.4) is 0 Å². The first kappa shape index (κ1) is 51.4. The molecule has 0 saturated heterocycles. The van der Waals surface area contributed by atoms with Gasteiger partial charge in [-0.15, -0.1) is 11.3 Å². The third kappa shape index (κ3) is 25.3. The van der Waals surface area contributed by atoms with Gasteiger partial charge in [0.2, 0.25) is 0 Å². The lowest BCUT2D eigenvalue weighted by atomic mass is 9.97. The molecule has 0 aliphatic rings. The van der Waals surface area contributed by atoms with Gasteiger partial charge in [0.1, 0.15) is 0 Å². The summed E-state index contributed by atoms with van der Waals surface area (Å²) in [6, 6.07) is 8.54. The van der Waals surface area contributed by atoms with Crippen molar-refractivity contribution in [1.29, 1.82) is 0 Å². The van der Waals surface area contributed by atoms with Crippen LogP contribution >= 0.6 is 11.3 Å². The molecule has 0 nitrogen and oxygen atoms in total. The van der Waals surface area contributed by atoms with Gasteiger partial charge in [0.15, 0.2) is 0 Å². The minimum Gasteiger partial charge on any atom is -0.135 e. The van der Waals surface area contributed by atoms with Crippen LogP contribution in [0.1, 0.15) is 93.5 Å². The average molecular weight is 677 g/mol. The minimum atomic E-state index is 1.15. The highest BCUT2D eigenvalue weighted by Gasteiger charge is 2.15. The maximum absolute atomic E-state index is 3.87. The van der Waals surface area contributed by atoms with E-state index >= 15 is 0 Å². The molecule has 0 radical (unpaired) electrons. The molecule has 1 aromatic heterocycles. The van der Waals surface area contributed by atoms with Gasteiger partial charge in [-0.25, -0.2) is 0 Å². The molecule has 0 aliphatic heterocycles. The summed E-state index contributed by atoms with van der Waals surface area (Å²) in [5.74, 6) is 0. The van der Waals surface area contributed by atoms with Crippen molar-refractivity contribution in [2.24, 2.45) is 0 Å². The largest absolute Gasteiger partial charge is 0.135 e. The van der Waals surface area contributed by atoms with Crippen LogP contribution in [0.4, 0.5) is 0 Å². The van der Waals surface area contributed by atoms with E-state index in [-0.39, 0.29) is 0 Å². The molecule has 2 rings (SSSR count). The molecular weight excluding hydrogens is 609 g/mol. The molecule has 1 heteroatoms. The lowest BCUT2D eigenvalue weighted by Crippen LogP contribution is -1.86. The first-order valence-electron chi connectivity index (χ1n) is 17.2. The molecule has 0 unspecified atom stereocenters. The fraction of sp³-hybridized carbons (Fsp3) is 0.250. The van der Waals surface area contributed by atoms with Gasteiger partial charge < -0.3 is 0 Å². The van der Waals surface area contributed by atoms with Crippen molar-refractivity contribution >= 4 is 32.6 Å². The van der Waals surface area contributed by atoms with Crippen LogP contribution in [0.15, 0.2) is 183 Å². The van der Waals surface area contributed by atoms with Gasteiger partial charge in [-0.2, -0.15) is 0 Å². The molecule has 0 saturated carbocycles. The second-order valence-electron chi connectivity index (χ2n) is 9.53. The lowest BCUT2D eigenvalue weighted by molar-refractivity contribution is 1.46. The second-order valence-corrected chi connectivity index (χ2v) is 10.6. The van der Waals surface area contributed by atoms with Gasteiger partial charge in [-0.3, -0.25) is 0 Å². The summed E-state index contributed by atoms with van der Waals surface area (Å²) in [5, 5.41) is 1.28. The minimum absolute atomic E-state index is 1.15. The van der Waals surface area contributed by atoms with Crippen LogP contribution in [0.5, 0.6) is 0 Å². The van der Waals surface area contributed by atoms with Gasteiger partial charge >= 0.3 is 0 Å². The highest BCUT2D eigenvalue weighted by atomic mass is 32.1. The Morgan fingerprint density at radius 3 is 1.43 bits per heavy atom. The van der Waals surface area contributed by atoms with Crippen LogP contribution in [0.25, 0.3) is 21.2 Å². The van der Waals surface area contributed by atoms with Crippen LogP contribution < -0.4 is 0 Å². The van der Waals surface area contributed by atoms with Crippen molar-refractivity contribution < 1.29 is 0 Å². The monoisotopic (exact) mass is 677 g/mol. The Hall–Kier alpha value is -4.46. The van der Waals surface area contributed by atoms with Crippen LogP contribution in [0, 0.1) is 0 Å². The number of hydrogen-bond donors (Lipinski definition) is 0. The fourth-order valence-electron chi connectivity index (χ4n) is 3.51. The topological polar surface area (TPSA) is 0 Å². The molecular formula is C48H68S.